The lowest BCUT2D eigenvalue weighted by molar-refractivity contribution is -0.00641. The molecule has 0 aliphatic heterocycles. The van der Waals surface area contributed by atoms with E-state index >= 15 is 0 Å². The summed E-state index contributed by atoms with van der Waals surface area (Å²) in [5.41, 5.74) is 0.284. The molecule has 0 amide bonds. The van der Waals surface area contributed by atoms with E-state index in [1.54, 1.807) is 7.11 Å². The van der Waals surface area contributed by atoms with Gasteiger partial charge in [-0.3, -0.25) is 0 Å². The molecule has 1 aliphatic rings. The van der Waals surface area contributed by atoms with Crippen molar-refractivity contribution >= 4 is 0 Å². The number of ether oxygens (including phenoxy) is 1. The van der Waals surface area contributed by atoms with Gasteiger partial charge in [-0.2, -0.15) is 0 Å². The minimum absolute atomic E-state index is 0.0213. The van der Waals surface area contributed by atoms with Crippen LogP contribution < -0.4 is 0 Å². The molecule has 1 aliphatic carbocycles. The molecule has 0 heterocycles. The Morgan fingerprint density at radius 2 is 1.94 bits per heavy atom. The predicted molar refractivity (Wildman–Crippen MR) is 67.5 cm³/mol. The summed E-state index contributed by atoms with van der Waals surface area (Å²) in [6.45, 7) is 8.81. The van der Waals surface area contributed by atoms with Crippen LogP contribution in [0.4, 0.5) is 0 Å². The molecule has 2 nitrogen and oxygen atoms in total. The van der Waals surface area contributed by atoms with Gasteiger partial charge in [0.25, 0.3) is 0 Å². The van der Waals surface area contributed by atoms with Crippen LogP contribution in [0.2, 0.25) is 0 Å². The molecule has 16 heavy (non-hydrogen) atoms. The topological polar surface area (TPSA) is 29.5 Å². The Morgan fingerprint density at radius 1 is 1.31 bits per heavy atom. The molecule has 0 aromatic heterocycles. The van der Waals surface area contributed by atoms with E-state index < -0.39 is 0 Å². The van der Waals surface area contributed by atoms with Crippen LogP contribution in [0.15, 0.2) is 0 Å². The highest BCUT2D eigenvalue weighted by Crippen LogP contribution is 2.41. The monoisotopic (exact) mass is 228 g/mol. The average molecular weight is 228 g/mol. The van der Waals surface area contributed by atoms with Gasteiger partial charge in [-0.25, -0.2) is 0 Å². The predicted octanol–water partition coefficient (Wildman–Crippen LogP) is 3.38. The first-order chi connectivity index (χ1) is 7.24. The molecule has 0 bridgehead atoms. The van der Waals surface area contributed by atoms with E-state index in [1.807, 2.05) is 0 Å². The van der Waals surface area contributed by atoms with Gasteiger partial charge < -0.3 is 9.84 Å². The Balaban J connectivity index is 2.43. The molecule has 0 aromatic rings. The molecule has 0 saturated heterocycles. The van der Waals surface area contributed by atoms with Crippen LogP contribution in [-0.2, 0) is 4.74 Å². The molecule has 0 spiro atoms. The van der Waals surface area contributed by atoms with Gasteiger partial charge >= 0.3 is 0 Å². The molecule has 2 unspecified atom stereocenters. The van der Waals surface area contributed by atoms with Gasteiger partial charge in [0.05, 0.1) is 11.7 Å². The molecule has 0 radical (unpaired) electrons. The lowest BCUT2D eigenvalue weighted by Crippen LogP contribution is -2.33. The second kappa shape index (κ2) is 5.05. The van der Waals surface area contributed by atoms with Gasteiger partial charge in [0, 0.05) is 7.11 Å². The van der Waals surface area contributed by atoms with E-state index in [4.69, 9.17) is 4.74 Å². The maximum Gasteiger partial charge on any atom is 0.0622 e. The molecule has 2 heteroatoms. The van der Waals surface area contributed by atoms with Crippen LogP contribution in [-0.4, -0.2) is 23.9 Å². The zero-order valence-electron chi connectivity index (χ0n) is 11.5. The molecule has 96 valence electrons. The summed E-state index contributed by atoms with van der Waals surface area (Å²) < 4.78 is 5.45. The lowest BCUT2D eigenvalue weighted by atomic mass is 9.69. The summed E-state index contributed by atoms with van der Waals surface area (Å²) in [4.78, 5) is 0. The molecule has 1 saturated carbocycles. The summed E-state index contributed by atoms with van der Waals surface area (Å²) in [6, 6.07) is 0. The van der Waals surface area contributed by atoms with Crippen molar-refractivity contribution in [2.45, 2.75) is 71.5 Å². The van der Waals surface area contributed by atoms with Gasteiger partial charge in [-0.15, -0.1) is 0 Å². The highest BCUT2D eigenvalue weighted by molar-refractivity contribution is 4.85. The first kappa shape index (κ1) is 14.0. The second-order valence-electron chi connectivity index (χ2n) is 6.83. The second-order valence-corrected chi connectivity index (χ2v) is 6.83. The van der Waals surface area contributed by atoms with Crippen LogP contribution in [0, 0.1) is 11.3 Å². The van der Waals surface area contributed by atoms with Gasteiger partial charge in [-0.1, -0.05) is 13.8 Å². The summed E-state index contributed by atoms with van der Waals surface area (Å²) in [5, 5.41) is 9.87. The van der Waals surface area contributed by atoms with Crippen molar-refractivity contribution in [3.63, 3.8) is 0 Å². The maximum atomic E-state index is 9.87. The Morgan fingerprint density at radius 3 is 2.44 bits per heavy atom. The van der Waals surface area contributed by atoms with Gasteiger partial charge in [0.15, 0.2) is 0 Å². The number of hydrogen-bond acceptors (Lipinski definition) is 2. The van der Waals surface area contributed by atoms with Gasteiger partial charge in [0.1, 0.15) is 0 Å². The highest BCUT2D eigenvalue weighted by atomic mass is 16.5. The third-order valence-electron chi connectivity index (χ3n) is 3.94. The van der Waals surface area contributed by atoms with Gasteiger partial charge in [0.2, 0.25) is 0 Å². The minimum atomic E-state index is -0.0978. The van der Waals surface area contributed by atoms with E-state index in [9.17, 15) is 5.11 Å². The van der Waals surface area contributed by atoms with Crippen LogP contribution in [0.5, 0.6) is 0 Å². The summed E-state index contributed by atoms with van der Waals surface area (Å²) in [5.74, 6) is 0.660. The molecular formula is C14H28O2. The van der Waals surface area contributed by atoms with Crippen molar-refractivity contribution in [2.75, 3.05) is 7.11 Å². The van der Waals surface area contributed by atoms with Gasteiger partial charge in [-0.05, 0) is 57.3 Å². The smallest absolute Gasteiger partial charge is 0.0622 e. The van der Waals surface area contributed by atoms with Crippen LogP contribution in [0.1, 0.15) is 59.8 Å². The Hall–Kier alpha value is -0.0800. The van der Waals surface area contributed by atoms with Crippen molar-refractivity contribution in [1.29, 1.82) is 0 Å². The van der Waals surface area contributed by atoms with Crippen LogP contribution in [0.3, 0.4) is 0 Å². The fourth-order valence-electron chi connectivity index (χ4n) is 2.93. The fraction of sp³-hybridized carbons (Fsp3) is 1.00. The number of methoxy groups -OCH3 is 1. The largest absolute Gasteiger partial charge is 0.393 e. The minimum Gasteiger partial charge on any atom is -0.393 e. The molecule has 2 atom stereocenters. The van der Waals surface area contributed by atoms with Crippen molar-refractivity contribution in [2.24, 2.45) is 11.3 Å². The molecule has 1 N–H and O–H groups in total. The van der Waals surface area contributed by atoms with Crippen molar-refractivity contribution in [3.05, 3.63) is 0 Å². The average Bonchev–Trinajstić information content (AvgIpc) is 2.12. The highest BCUT2D eigenvalue weighted by Gasteiger charge is 2.33. The number of hydrogen-bond donors (Lipinski definition) is 1. The van der Waals surface area contributed by atoms with Crippen LogP contribution >= 0.6 is 0 Å². The molecule has 1 fully saturated rings. The molecule has 0 aromatic carbocycles. The van der Waals surface area contributed by atoms with E-state index in [0.29, 0.717) is 11.3 Å². The first-order valence-electron chi connectivity index (χ1n) is 6.47. The third kappa shape index (κ3) is 4.42. The first-order valence-corrected chi connectivity index (χ1v) is 6.47. The normalized spacial score (nSPS) is 30.4. The quantitative estimate of drug-likeness (QED) is 0.799. The van der Waals surface area contributed by atoms with Crippen LogP contribution in [0.25, 0.3) is 0 Å². The number of rotatable bonds is 4. The number of aliphatic hydroxyl groups is 1. The summed E-state index contributed by atoms with van der Waals surface area (Å²) in [7, 11) is 1.78. The molecule has 1 rings (SSSR count). The Labute approximate surface area is 100 Å². The maximum absolute atomic E-state index is 9.87. The zero-order chi connectivity index (χ0) is 12.4. The summed E-state index contributed by atoms with van der Waals surface area (Å²) in [6.07, 6.45) is 5.32. The van der Waals surface area contributed by atoms with Crippen molar-refractivity contribution < 1.29 is 9.84 Å². The van der Waals surface area contributed by atoms with E-state index in [2.05, 4.69) is 27.7 Å². The third-order valence-corrected chi connectivity index (χ3v) is 3.94. The van der Waals surface area contributed by atoms with E-state index in [-0.39, 0.29) is 11.7 Å². The SMILES string of the molecule is COC(C)(C)CCC1CC(O)CC(C)(C)C1. The van der Waals surface area contributed by atoms with E-state index in [0.717, 1.165) is 19.3 Å². The fourth-order valence-corrected chi connectivity index (χ4v) is 2.93. The zero-order valence-corrected chi connectivity index (χ0v) is 11.5. The Bertz CT molecular complexity index is 221. The molecular weight excluding hydrogens is 200 g/mol. The van der Waals surface area contributed by atoms with Crippen molar-refractivity contribution in [1.82, 2.24) is 0 Å². The standard InChI is InChI=1S/C14H28O2/c1-13(2)9-11(8-12(15)10-13)6-7-14(3,4)16-5/h11-12,15H,6-10H2,1-5H3. The Kier molecular flexibility index (Phi) is 4.42. The van der Waals surface area contributed by atoms with Crippen molar-refractivity contribution in [3.8, 4) is 0 Å². The number of aliphatic hydroxyl groups excluding tert-OH is 1. The lowest BCUT2D eigenvalue weighted by Gasteiger charge is -2.39. The summed E-state index contributed by atoms with van der Waals surface area (Å²) >= 11 is 0. The van der Waals surface area contributed by atoms with E-state index in [1.165, 1.54) is 12.8 Å².